The summed E-state index contributed by atoms with van der Waals surface area (Å²) in [6.07, 6.45) is 5.22. The molecule has 0 bridgehead atoms. The molecule has 1 atom stereocenters. The summed E-state index contributed by atoms with van der Waals surface area (Å²) in [4.78, 5) is 53.9. The van der Waals surface area contributed by atoms with Crippen LogP contribution >= 0.6 is 30.5 Å². The molecular formula is C41H48ClN8O5PS. The third-order valence-corrected chi connectivity index (χ3v) is 13.8. The Balaban J connectivity index is 0.895. The van der Waals surface area contributed by atoms with E-state index in [1.165, 1.54) is 6.20 Å². The third kappa shape index (κ3) is 9.25. The number of benzene rings is 3. The number of carbonyl (C=O) groups is 3. The Morgan fingerprint density at radius 1 is 1.02 bits per heavy atom. The fourth-order valence-corrected chi connectivity index (χ4v) is 10.0. The summed E-state index contributed by atoms with van der Waals surface area (Å²) in [5.74, 6) is 1.51. The van der Waals surface area contributed by atoms with Gasteiger partial charge in [0, 0.05) is 59.6 Å². The molecule has 4 heterocycles. The van der Waals surface area contributed by atoms with Gasteiger partial charge in [0.2, 0.25) is 17.8 Å². The summed E-state index contributed by atoms with van der Waals surface area (Å²) >= 11 is 8.23. The first-order chi connectivity index (χ1) is 27.4. The van der Waals surface area contributed by atoms with E-state index in [4.69, 9.17) is 16.3 Å². The van der Waals surface area contributed by atoms with E-state index in [0.717, 1.165) is 60.8 Å². The van der Waals surface area contributed by atoms with Crippen LogP contribution in [0.1, 0.15) is 48.0 Å². The summed E-state index contributed by atoms with van der Waals surface area (Å²) < 4.78 is 18.7. The molecule has 0 spiro atoms. The number of halogens is 1. The number of thioether (sulfide) groups is 1. The van der Waals surface area contributed by atoms with Gasteiger partial charge in [0.15, 0.2) is 5.82 Å². The molecular weight excluding hydrogens is 783 g/mol. The number of hydrogen-bond acceptors (Lipinski definition) is 12. The summed E-state index contributed by atoms with van der Waals surface area (Å²) in [7, 11) is 1.30. The van der Waals surface area contributed by atoms with Crippen LogP contribution in [0.4, 0.5) is 28.8 Å². The summed E-state index contributed by atoms with van der Waals surface area (Å²) in [5.41, 5.74) is 4.11. The summed E-state index contributed by atoms with van der Waals surface area (Å²) in [6, 6.07) is 19.2. The molecule has 2 saturated heterocycles. The van der Waals surface area contributed by atoms with Gasteiger partial charge in [-0.2, -0.15) is 4.98 Å². The molecule has 3 aromatic carbocycles. The number of nitrogens with zero attached hydrogens (tertiary/aromatic N) is 5. The van der Waals surface area contributed by atoms with E-state index in [9.17, 15) is 18.9 Å². The highest BCUT2D eigenvalue weighted by Crippen LogP contribution is 2.39. The number of nitrogens with one attached hydrogen (secondary N) is 3. The van der Waals surface area contributed by atoms with E-state index in [-0.39, 0.29) is 24.1 Å². The van der Waals surface area contributed by atoms with Crippen molar-refractivity contribution in [2.24, 2.45) is 0 Å². The van der Waals surface area contributed by atoms with E-state index < -0.39 is 13.2 Å². The number of carbonyl (C=O) groups excluding carboxylic acids is 3. The molecule has 7 rings (SSSR count). The Bertz CT molecular complexity index is 2210. The van der Waals surface area contributed by atoms with Gasteiger partial charge in [0.1, 0.15) is 24.0 Å². The number of para-hydroxylation sites is 1. The average Bonchev–Trinajstić information content (AvgIpc) is 3.53. The van der Waals surface area contributed by atoms with Crippen molar-refractivity contribution in [1.82, 2.24) is 25.1 Å². The Kier molecular flexibility index (Phi) is 12.4. The van der Waals surface area contributed by atoms with Crippen molar-refractivity contribution >= 4 is 82.4 Å². The molecule has 2 fully saturated rings. The normalized spacial score (nSPS) is 17.5. The number of aromatic nitrogens is 2. The highest BCUT2D eigenvalue weighted by atomic mass is 35.5. The number of fused-ring (bicyclic) bond motifs is 1. The second kappa shape index (κ2) is 17.5. The maximum atomic E-state index is 13.2. The lowest BCUT2D eigenvalue weighted by Crippen LogP contribution is -2.52. The molecule has 3 N–H and O–H groups in total. The second-order valence-corrected chi connectivity index (χ2v) is 19.7. The van der Waals surface area contributed by atoms with Crippen molar-refractivity contribution in [2.75, 3.05) is 68.4 Å². The summed E-state index contributed by atoms with van der Waals surface area (Å²) in [5, 5.41) is 9.94. The van der Waals surface area contributed by atoms with Crippen LogP contribution < -0.4 is 30.9 Å². The van der Waals surface area contributed by atoms with Crippen LogP contribution in [0.5, 0.6) is 5.75 Å². The standard InChI is InChI=1S/C41H48ClN8O5PS/c1-48(19-8-22-57-36-12-7-9-28-29(36)25-50(40(28)53)33-15-16-37(51)46-39(33)52)26-17-20-49(21-18-26)27-13-14-31(34(23-27)55-2)45-41-43-24-30(42)38(47-41)44-32-10-5-6-11-35(32)56(3,4)54/h5-7,9-14,23-24,26,33H,8,15-22,25H2,1-4H3,(H,46,51,52)(H2,43,44,45,47). The monoisotopic (exact) mass is 830 g/mol. The van der Waals surface area contributed by atoms with E-state index in [2.05, 4.69) is 54.9 Å². The Morgan fingerprint density at radius 2 is 1.81 bits per heavy atom. The molecule has 3 aliphatic rings. The number of methoxy groups -OCH3 is 1. The lowest BCUT2D eigenvalue weighted by molar-refractivity contribution is -0.136. The first-order valence-corrected chi connectivity index (χ1v) is 23.1. The van der Waals surface area contributed by atoms with Gasteiger partial charge in [-0.3, -0.25) is 19.7 Å². The SMILES string of the molecule is COc1cc(N2CCC(N(C)CCCSc3cccc4c3CN(C3CCC(=O)NC3=O)C4=O)CC2)ccc1Nc1ncc(Cl)c(Nc2ccccc2P(C)(C)=O)n1. The smallest absolute Gasteiger partial charge is 0.255 e. The molecule has 3 amide bonds. The van der Waals surface area contributed by atoms with Crippen molar-refractivity contribution in [2.45, 2.75) is 55.6 Å². The fraction of sp³-hybridized carbons (Fsp3) is 0.390. The zero-order chi connectivity index (χ0) is 40.3. The van der Waals surface area contributed by atoms with Gasteiger partial charge in [-0.25, -0.2) is 4.98 Å². The molecule has 1 unspecified atom stereocenters. The van der Waals surface area contributed by atoms with Crippen LogP contribution in [-0.4, -0.2) is 102 Å². The zero-order valence-corrected chi connectivity index (χ0v) is 35.1. The van der Waals surface area contributed by atoms with Gasteiger partial charge in [0.05, 0.1) is 24.7 Å². The van der Waals surface area contributed by atoms with Crippen LogP contribution in [0.2, 0.25) is 5.02 Å². The van der Waals surface area contributed by atoms with Crippen LogP contribution in [0.3, 0.4) is 0 Å². The minimum Gasteiger partial charge on any atom is -0.494 e. The largest absolute Gasteiger partial charge is 0.494 e. The molecule has 3 aliphatic heterocycles. The number of amides is 3. The molecule has 0 saturated carbocycles. The van der Waals surface area contributed by atoms with Crippen molar-refractivity contribution in [3.63, 3.8) is 0 Å². The first kappa shape index (κ1) is 40.6. The van der Waals surface area contributed by atoms with Crippen molar-refractivity contribution < 1.29 is 23.7 Å². The number of anilines is 5. The summed E-state index contributed by atoms with van der Waals surface area (Å²) in [6.45, 7) is 6.67. The first-order valence-electron chi connectivity index (χ1n) is 19.1. The van der Waals surface area contributed by atoms with Gasteiger partial charge >= 0.3 is 0 Å². The predicted molar refractivity (Wildman–Crippen MR) is 228 cm³/mol. The molecule has 16 heteroatoms. The van der Waals surface area contributed by atoms with Gasteiger partial charge < -0.3 is 34.6 Å². The van der Waals surface area contributed by atoms with Crippen LogP contribution in [0.15, 0.2) is 71.8 Å². The minimum atomic E-state index is -2.55. The van der Waals surface area contributed by atoms with E-state index in [0.29, 0.717) is 63.8 Å². The van der Waals surface area contributed by atoms with Gasteiger partial charge in [0.25, 0.3) is 5.91 Å². The number of piperidine rings is 2. The van der Waals surface area contributed by atoms with E-state index >= 15 is 0 Å². The maximum Gasteiger partial charge on any atom is 0.255 e. The van der Waals surface area contributed by atoms with Crippen LogP contribution in [0.25, 0.3) is 0 Å². The number of hydrogen-bond donors (Lipinski definition) is 3. The molecule has 0 radical (unpaired) electrons. The number of rotatable bonds is 14. The lowest BCUT2D eigenvalue weighted by Gasteiger charge is -2.38. The molecule has 13 nitrogen and oxygen atoms in total. The Morgan fingerprint density at radius 3 is 2.56 bits per heavy atom. The Hall–Kier alpha value is -4.62. The highest BCUT2D eigenvalue weighted by molar-refractivity contribution is 7.99. The maximum absolute atomic E-state index is 13.2. The molecule has 57 heavy (non-hydrogen) atoms. The number of ether oxygens (including phenoxy) is 1. The third-order valence-electron chi connectivity index (χ3n) is 10.8. The van der Waals surface area contributed by atoms with E-state index in [1.807, 2.05) is 48.5 Å². The minimum absolute atomic E-state index is 0.139. The predicted octanol–water partition coefficient (Wildman–Crippen LogP) is 6.72. The zero-order valence-electron chi connectivity index (χ0n) is 32.6. The van der Waals surface area contributed by atoms with E-state index in [1.54, 1.807) is 37.1 Å². The lowest BCUT2D eigenvalue weighted by atomic mass is 10.0. The van der Waals surface area contributed by atoms with Gasteiger partial charge in [-0.1, -0.05) is 29.8 Å². The molecule has 4 aromatic rings. The van der Waals surface area contributed by atoms with Crippen molar-refractivity contribution in [3.8, 4) is 5.75 Å². The Labute approximate surface area is 342 Å². The second-order valence-electron chi connectivity index (χ2n) is 15.0. The molecule has 1 aromatic heterocycles. The van der Waals surface area contributed by atoms with Crippen LogP contribution in [-0.2, 0) is 20.7 Å². The highest BCUT2D eigenvalue weighted by Gasteiger charge is 2.40. The molecule has 0 aliphatic carbocycles. The van der Waals surface area contributed by atoms with Gasteiger partial charge in [-0.15, -0.1) is 11.8 Å². The number of imide groups is 1. The van der Waals surface area contributed by atoms with Crippen LogP contribution in [0, 0.1) is 0 Å². The van der Waals surface area contributed by atoms with Gasteiger partial charge in [-0.05, 0) is 100 Å². The fourth-order valence-electron chi connectivity index (χ4n) is 7.73. The topological polar surface area (TPSA) is 149 Å². The van der Waals surface area contributed by atoms with Crippen molar-refractivity contribution in [1.29, 1.82) is 0 Å². The quantitative estimate of drug-likeness (QED) is 0.0537. The van der Waals surface area contributed by atoms with Crippen molar-refractivity contribution in [3.05, 3.63) is 83.0 Å². The molecule has 300 valence electrons. The average molecular weight is 831 g/mol.